The van der Waals surface area contributed by atoms with Gasteiger partial charge in [0.25, 0.3) is 0 Å². The van der Waals surface area contributed by atoms with E-state index in [1.165, 1.54) is 64.7 Å². The summed E-state index contributed by atoms with van der Waals surface area (Å²) in [6.07, 6.45) is 0. The molecule has 0 saturated heterocycles. The van der Waals surface area contributed by atoms with Crippen LogP contribution in [-0.4, -0.2) is 9.97 Å². The molecule has 1 aliphatic carbocycles. The van der Waals surface area contributed by atoms with Crippen LogP contribution in [-0.2, 0) is 5.41 Å². The molecule has 0 spiro atoms. The highest BCUT2D eigenvalue weighted by atomic mass is 32.1. The Labute approximate surface area is 365 Å². The minimum Gasteiger partial charge on any atom is -0.228 e. The van der Waals surface area contributed by atoms with Gasteiger partial charge >= 0.3 is 0 Å². The second-order valence-electron chi connectivity index (χ2n) is 16.1. The molecule has 11 aromatic rings. The third kappa shape index (κ3) is 5.85. The van der Waals surface area contributed by atoms with Crippen LogP contribution in [0.4, 0.5) is 0 Å². The van der Waals surface area contributed by atoms with Crippen LogP contribution in [0.15, 0.2) is 231 Å². The predicted octanol–water partition coefficient (Wildman–Crippen LogP) is 15.5. The molecule has 0 bridgehead atoms. The monoisotopic (exact) mass is 806 g/mol. The van der Waals surface area contributed by atoms with Crippen LogP contribution in [0.2, 0.25) is 0 Å². The molecular weight excluding hydrogens is 769 g/mol. The van der Waals surface area contributed by atoms with Crippen molar-refractivity contribution >= 4 is 31.5 Å². The smallest absolute Gasteiger partial charge is 0.160 e. The number of benzene rings is 9. The van der Waals surface area contributed by atoms with E-state index in [0.29, 0.717) is 5.82 Å². The van der Waals surface area contributed by atoms with Gasteiger partial charge in [-0.25, -0.2) is 9.97 Å². The maximum absolute atomic E-state index is 5.24. The summed E-state index contributed by atoms with van der Waals surface area (Å²) in [4.78, 5) is 10.5. The first-order chi connectivity index (χ1) is 30.7. The molecule has 62 heavy (non-hydrogen) atoms. The summed E-state index contributed by atoms with van der Waals surface area (Å²) in [5, 5.41) is 2.60. The summed E-state index contributed by atoms with van der Waals surface area (Å²) in [6, 6.07) is 83.4. The van der Waals surface area contributed by atoms with Crippen molar-refractivity contribution in [1.29, 1.82) is 0 Å². The number of hydrogen-bond donors (Lipinski definition) is 0. The highest BCUT2D eigenvalue weighted by Gasteiger charge is 2.45. The van der Waals surface area contributed by atoms with Gasteiger partial charge in [-0.1, -0.05) is 200 Å². The summed E-state index contributed by atoms with van der Waals surface area (Å²) in [5.41, 5.74) is 16.8. The molecule has 290 valence electrons. The predicted molar refractivity (Wildman–Crippen MR) is 259 cm³/mol. The fraction of sp³-hybridized carbons (Fsp3) is 0.0169. The Balaban J connectivity index is 0.979. The van der Waals surface area contributed by atoms with E-state index in [0.717, 1.165) is 39.2 Å². The maximum Gasteiger partial charge on any atom is 0.160 e. The van der Waals surface area contributed by atoms with Crippen molar-refractivity contribution in [2.75, 3.05) is 0 Å². The second-order valence-corrected chi connectivity index (χ2v) is 17.1. The molecular formula is C59H38N2S. The number of nitrogens with zero attached hydrogens (tertiary/aromatic N) is 2. The lowest BCUT2D eigenvalue weighted by molar-refractivity contribution is 0.768. The zero-order valence-corrected chi connectivity index (χ0v) is 34.6. The van der Waals surface area contributed by atoms with Crippen molar-refractivity contribution < 1.29 is 0 Å². The van der Waals surface area contributed by atoms with Gasteiger partial charge in [0.1, 0.15) is 0 Å². The molecule has 9 aromatic carbocycles. The molecule has 0 N–H and O–H groups in total. The molecule has 1 aliphatic rings. The lowest BCUT2D eigenvalue weighted by atomic mass is 9.67. The number of rotatable bonds is 7. The summed E-state index contributed by atoms with van der Waals surface area (Å²) in [7, 11) is 0. The van der Waals surface area contributed by atoms with Crippen molar-refractivity contribution in [2.45, 2.75) is 5.41 Å². The quantitative estimate of drug-likeness (QED) is 0.160. The van der Waals surface area contributed by atoms with E-state index in [9.17, 15) is 0 Å². The molecule has 0 atom stereocenters. The zero-order valence-electron chi connectivity index (χ0n) is 33.7. The van der Waals surface area contributed by atoms with E-state index in [-0.39, 0.29) is 0 Å². The minimum atomic E-state index is -0.429. The minimum absolute atomic E-state index is 0.429. The van der Waals surface area contributed by atoms with Gasteiger partial charge in [-0.15, -0.1) is 11.3 Å². The van der Waals surface area contributed by atoms with Crippen molar-refractivity contribution in [3.05, 3.63) is 253 Å². The molecule has 0 fully saturated rings. The average Bonchev–Trinajstić information content (AvgIpc) is 3.89. The van der Waals surface area contributed by atoms with Gasteiger partial charge in [0.15, 0.2) is 5.82 Å². The van der Waals surface area contributed by atoms with Crippen molar-refractivity contribution in [3.8, 4) is 67.3 Å². The van der Waals surface area contributed by atoms with Crippen LogP contribution in [0.25, 0.3) is 87.5 Å². The van der Waals surface area contributed by atoms with Gasteiger partial charge < -0.3 is 0 Å². The molecule has 0 radical (unpaired) electrons. The largest absolute Gasteiger partial charge is 0.228 e. The van der Waals surface area contributed by atoms with Crippen molar-refractivity contribution in [1.82, 2.24) is 9.97 Å². The Morgan fingerprint density at radius 2 is 0.839 bits per heavy atom. The lowest BCUT2D eigenvalue weighted by Gasteiger charge is -2.33. The molecule has 2 heterocycles. The Morgan fingerprint density at radius 1 is 0.323 bits per heavy atom. The van der Waals surface area contributed by atoms with Gasteiger partial charge in [-0.2, -0.15) is 0 Å². The Kier molecular flexibility index (Phi) is 8.62. The van der Waals surface area contributed by atoms with Crippen LogP contribution in [0.3, 0.4) is 0 Å². The zero-order chi connectivity index (χ0) is 41.0. The second kappa shape index (κ2) is 14.8. The van der Waals surface area contributed by atoms with Crippen LogP contribution in [0, 0.1) is 0 Å². The molecule has 0 saturated carbocycles. The van der Waals surface area contributed by atoms with E-state index in [2.05, 4.69) is 212 Å². The number of thiophene rings is 1. The Morgan fingerprint density at radius 3 is 1.58 bits per heavy atom. The fourth-order valence-corrected chi connectivity index (χ4v) is 11.0. The van der Waals surface area contributed by atoms with Crippen LogP contribution >= 0.6 is 11.3 Å². The first-order valence-electron chi connectivity index (χ1n) is 21.1. The van der Waals surface area contributed by atoms with Crippen molar-refractivity contribution in [2.24, 2.45) is 0 Å². The number of fused-ring (bicyclic) bond motifs is 6. The van der Waals surface area contributed by atoms with Gasteiger partial charge in [0.05, 0.1) is 16.8 Å². The summed E-state index contributed by atoms with van der Waals surface area (Å²) >= 11 is 1.86. The summed E-state index contributed by atoms with van der Waals surface area (Å²) in [6.45, 7) is 0. The van der Waals surface area contributed by atoms with Gasteiger partial charge in [-0.3, -0.25) is 0 Å². The summed E-state index contributed by atoms with van der Waals surface area (Å²) in [5.74, 6) is 0.702. The third-order valence-electron chi connectivity index (χ3n) is 12.6. The average molecular weight is 807 g/mol. The molecule has 0 unspecified atom stereocenters. The van der Waals surface area contributed by atoms with Gasteiger partial charge in [0, 0.05) is 36.9 Å². The first kappa shape index (κ1) is 36.2. The van der Waals surface area contributed by atoms with E-state index >= 15 is 0 Å². The number of aromatic nitrogens is 2. The molecule has 3 heteroatoms. The highest BCUT2D eigenvalue weighted by molar-refractivity contribution is 7.26. The number of hydrogen-bond acceptors (Lipinski definition) is 3. The standard InChI is InChI=1S/C59H38N2S/c1-4-17-39(18-5-1)58-60-54(38-55(61-58)44-22-15-20-42(36-44)47-29-16-30-50-49-28-11-13-32-56(49)62-57(47)50)43-21-14-19-40(35-43)41-33-34-53-51(37-41)48-27-10-12-31-52(48)59(53,45-23-6-2-7-24-45)46-25-8-3-9-26-46/h1-38H. The van der Waals surface area contributed by atoms with E-state index in [1.54, 1.807) is 0 Å². The topological polar surface area (TPSA) is 25.8 Å². The Hall–Kier alpha value is -7.72. The highest BCUT2D eigenvalue weighted by Crippen LogP contribution is 2.56. The van der Waals surface area contributed by atoms with E-state index < -0.39 is 5.41 Å². The molecule has 2 aromatic heterocycles. The molecule has 12 rings (SSSR count). The van der Waals surface area contributed by atoms with Gasteiger partial charge in [0.2, 0.25) is 0 Å². The SMILES string of the molecule is c1ccc(-c2nc(-c3cccc(-c4ccc5c(c4)-c4ccccc4C5(c4ccccc4)c4ccccc4)c3)cc(-c3cccc(-c4cccc5c4sc4ccccc45)c3)n2)cc1. The normalized spacial score (nSPS) is 12.6. The van der Waals surface area contributed by atoms with E-state index in [4.69, 9.17) is 9.97 Å². The van der Waals surface area contributed by atoms with Crippen LogP contribution in [0.5, 0.6) is 0 Å². The van der Waals surface area contributed by atoms with E-state index in [1.807, 2.05) is 29.5 Å². The maximum atomic E-state index is 5.24. The van der Waals surface area contributed by atoms with Crippen molar-refractivity contribution in [3.63, 3.8) is 0 Å². The van der Waals surface area contributed by atoms with Crippen LogP contribution in [0.1, 0.15) is 22.3 Å². The lowest BCUT2D eigenvalue weighted by Crippen LogP contribution is -2.28. The fourth-order valence-electron chi connectivity index (χ4n) is 9.77. The molecule has 0 amide bonds. The van der Waals surface area contributed by atoms with Gasteiger partial charge in [-0.05, 0) is 86.0 Å². The third-order valence-corrected chi connectivity index (χ3v) is 13.8. The first-order valence-corrected chi connectivity index (χ1v) is 22.0. The Bertz CT molecular complexity index is 3420. The molecule has 0 aliphatic heterocycles. The van der Waals surface area contributed by atoms with Crippen LogP contribution < -0.4 is 0 Å². The summed E-state index contributed by atoms with van der Waals surface area (Å²) < 4.78 is 2.61. The molecule has 2 nitrogen and oxygen atoms in total.